The van der Waals surface area contributed by atoms with E-state index in [2.05, 4.69) is 15.9 Å². The van der Waals surface area contributed by atoms with Gasteiger partial charge in [0.05, 0.1) is 17.3 Å². The Balaban J connectivity index is 3.68. The number of benzene rings is 1. The van der Waals surface area contributed by atoms with E-state index in [9.17, 15) is 9.90 Å². The van der Waals surface area contributed by atoms with Crippen LogP contribution in [0.25, 0.3) is 0 Å². The van der Waals surface area contributed by atoms with Crippen molar-refractivity contribution in [3.8, 4) is 11.5 Å². The molecule has 1 aromatic carbocycles. The molecule has 0 aliphatic heterocycles. The van der Waals surface area contributed by atoms with Gasteiger partial charge in [0, 0.05) is 0 Å². The molecule has 0 unspecified atom stereocenters. The standard InChI is InChI=1S/C9H10BrNO4/c1-3-4(9(13)14)7(12)8(15-2)5(10)6(3)11/h12H,11H2,1-2H3,(H,13,14). The van der Waals surface area contributed by atoms with Crippen LogP contribution in [0.2, 0.25) is 0 Å². The maximum Gasteiger partial charge on any atom is 0.339 e. The van der Waals surface area contributed by atoms with Crippen LogP contribution in [0.4, 0.5) is 5.69 Å². The van der Waals surface area contributed by atoms with Crippen molar-refractivity contribution in [1.82, 2.24) is 0 Å². The first-order valence-electron chi connectivity index (χ1n) is 3.99. The Labute approximate surface area is 94.6 Å². The number of carbonyl (C=O) groups is 1. The van der Waals surface area contributed by atoms with E-state index in [1.54, 1.807) is 0 Å². The number of hydrogen-bond acceptors (Lipinski definition) is 4. The second-order valence-corrected chi connectivity index (χ2v) is 3.71. The summed E-state index contributed by atoms with van der Waals surface area (Å²) in [5, 5.41) is 18.5. The molecule has 5 nitrogen and oxygen atoms in total. The molecule has 0 aliphatic carbocycles. The maximum atomic E-state index is 10.9. The summed E-state index contributed by atoms with van der Waals surface area (Å²) in [6.45, 7) is 1.52. The van der Waals surface area contributed by atoms with Gasteiger partial charge in [0.2, 0.25) is 0 Å². The summed E-state index contributed by atoms with van der Waals surface area (Å²) in [6, 6.07) is 0. The quantitative estimate of drug-likeness (QED) is 0.565. The number of anilines is 1. The summed E-state index contributed by atoms with van der Waals surface area (Å²) < 4.78 is 5.21. The number of carboxylic acid groups (broad SMARTS) is 1. The van der Waals surface area contributed by atoms with Gasteiger partial charge in [-0.3, -0.25) is 0 Å². The largest absolute Gasteiger partial charge is 0.504 e. The molecule has 0 saturated carbocycles. The molecule has 0 aliphatic rings. The van der Waals surface area contributed by atoms with Gasteiger partial charge in [-0.2, -0.15) is 0 Å². The molecule has 0 atom stereocenters. The van der Waals surface area contributed by atoms with Crippen molar-refractivity contribution in [2.45, 2.75) is 6.92 Å². The molecular formula is C9H10BrNO4. The zero-order valence-corrected chi connectivity index (χ0v) is 9.75. The molecule has 0 saturated heterocycles. The molecule has 0 aromatic heterocycles. The third kappa shape index (κ3) is 1.72. The number of rotatable bonds is 2. The fourth-order valence-corrected chi connectivity index (χ4v) is 1.91. The summed E-state index contributed by atoms with van der Waals surface area (Å²) in [5.41, 5.74) is 5.96. The number of hydrogen-bond donors (Lipinski definition) is 3. The van der Waals surface area contributed by atoms with Crippen molar-refractivity contribution in [1.29, 1.82) is 0 Å². The molecule has 0 spiro atoms. The number of ether oxygens (including phenoxy) is 1. The highest BCUT2D eigenvalue weighted by Gasteiger charge is 2.23. The topological polar surface area (TPSA) is 92.8 Å². The first-order valence-corrected chi connectivity index (χ1v) is 4.78. The number of aromatic hydroxyl groups is 1. The number of nitrogens with two attached hydrogens (primary N) is 1. The zero-order chi connectivity index (χ0) is 11.7. The van der Waals surface area contributed by atoms with Gasteiger partial charge in [-0.15, -0.1) is 0 Å². The van der Waals surface area contributed by atoms with Gasteiger partial charge in [0.15, 0.2) is 11.5 Å². The molecule has 6 heteroatoms. The van der Waals surface area contributed by atoms with Crippen LogP contribution in [0.3, 0.4) is 0 Å². The Morgan fingerprint density at radius 3 is 2.47 bits per heavy atom. The monoisotopic (exact) mass is 275 g/mol. The second kappa shape index (κ2) is 3.98. The van der Waals surface area contributed by atoms with E-state index in [1.807, 2.05) is 0 Å². The average Bonchev–Trinajstić information content (AvgIpc) is 2.15. The molecule has 0 radical (unpaired) electrons. The molecule has 1 aromatic rings. The minimum Gasteiger partial charge on any atom is -0.504 e. The first kappa shape index (κ1) is 11.6. The molecular weight excluding hydrogens is 266 g/mol. The van der Waals surface area contributed by atoms with Crippen molar-refractivity contribution < 1.29 is 19.7 Å². The predicted molar refractivity (Wildman–Crippen MR) is 58.5 cm³/mol. The van der Waals surface area contributed by atoms with Crippen LogP contribution in [0.1, 0.15) is 15.9 Å². The number of aromatic carboxylic acids is 1. The van der Waals surface area contributed by atoms with Crippen LogP contribution in [-0.2, 0) is 0 Å². The van der Waals surface area contributed by atoms with Crippen molar-refractivity contribution >= 4 is 27.6 Å². The summed E-state index contributed by atoms with van der Waals surface area (Å²) >= 11 is 3.12. The Bertz CT molecular complexity index is 431. The zero-order valence-electron chi connectivity index (χ0n) is 8.17. The SMILES string of the molecule is COc1c(O)c(C(=O)O)c(C)c(N)c1Br. The normalized spacial score (nSPS) is 10.1. The Kier molecular flexibility index (Phi) is 3.09. The van der Waals surface area contributed by atoms with Crippen LogP contribution in [-0.4, -0.2) is 23.3 Å². The number of nitrogen functional groups attached to an aromatic ring is 1. The summed E-state index contributed by atoms with van der Waals surface area (Å²) in [4.78, 5) is 10.9. The minimum atomic E-state index is -1.25. The highest BCUT2D eigenvalue weighted by Crippen LogP contribution is 2.43. The molecule has 0 bridgehead atoms. The summed E-state index contributed by atoms with van der Waals surface area (Å²) in [6.07, 6.45) is 0. The van der Waals surface area contributed by atoms with E-state index in [4.69, 9.17) is 15.6 Å². The summed E-state index contributed by atoms with van der Waals surface area (Å²) in [7, 11) is 1.32. The predicted octanol–water partition coefficient (Wildman–Crippen LogP) is 1.75. The third-order valence-corrected chi connectivity index (χ3v) is 2.87. The van der Waals surface area contributed by atoms with Crippen LogP contribution >= 0.6 is 15.9 Å². The van der Waals surface area contributed by atoms with Gasteiger partial charge in [-0.05, 0) is 28.4 Å². The van der Waals surface area contributed by atoms with Gasteiger partial charge in [-0.1, -0.05) is 0 Å². The van der Waals surface area contributed by atoms with Crippen molar-refractivity contribution in [3.63, 3.8) is 0 Å². The lowest BCUT2D eigenvalue weighted by Crippen LogP contribution is -2.06. The van der Waals surface area contributed by atoms with Crippen molar-refractivity contribution in [3.05, 3.63) is 15.6 Å². The number of halogens is 1. The molecule has 15 heavy (non-hydrogen) atoms. The molecule has 0 fully saturated rings. The average molecular weight is 276 g/mol. The van der Waals surface area contributed by atoms with Gasteiger partial charge in [-0.25, -0.2) is 4.79 Å². The molecule has 4 N–H and O–H groups in total. The fraction of sp³-hybridized carbons (Fsp3) is 0.222. The fourth-order valence-electron chi connectivity index (χ4n) is 1.26. The highest BCUT2D eigenvalue weighted by atomic mass is 79.9. The van der Waals surface area contributed by atoms with Gasteiger partial charge in [0.25, 0.3) is 0 Å². The summed E-state index contributed by atoms with van der Waals surface area (Å²) in [5.74, 6) is -1.65. The Morgan fingerprint density at radius 1 is 1.53 bits per heavy atom. The highest BCUT2D eigenvalue weighted by molar-refractivity contribution is 9.10. The van der Waals surface area contributed by atoms with Crippen LogP contribution in [0.15, 0.2) is 4.47 Å². The lowest BCUT2D eigenvalue weighted by Gasteiger charge is -2.14. The van der Waals surface area contributed by atoms with E-state index in [0.717, 1.165) is 0 Å². The first-order chi connectivity index (χ1) is 6.91. The van der Waals surface area contributed by atoms with E-state index in [0.29, 0.717) is 10.0 Å². The second-order valence-electron chi connectivity index (χ2n) is 2.91. The van der Waals surface area contributed by atoms with Crippen LogP contribution < -0.4 is 10.5 Å². The molecule has 82 valence electrons. The lowest BCUT2D eigenvalue weighted by molar-refractivity contribution is 0.0692. The Hall–Kier alpha value is -1.43. The maximum absolute atomic E-state index is 10.9. The number of methoxy groups -OCH3 is 1. The number of phenols is 1. The molecule has 0 heterocycles. The third-order valence-electron chi connectivity index (χ3n) is 2.08. The van der Waals surface area contributed by atoms with E-state index < -0.39 is 11.7 Å². The minimum absolute atomic E-state index is 0.0236. The van der Waals surface area contributed by atoms with E-state index >= 15 is 0 Å². The van der Waals surface area contributed by atoms with Crippen LogP contribution in [0.5, 0.6) is 11.5 Å². The molecule has 1 rings (SSSR count). The lowest BCUT2D eigenvalue weighted by atomic mass is 10.0. The van der Waals surface area contributed by atoms with Crippen LogP contribution in [0, 0.1) is 6.92 Å². The molecule has 0 amide bonds. The van der Waals surface area contributed by atoms with Gasteiger partial charge >= 0.3 is 5.97 Å². The van der Waals surface area contributed by atoms with Crippen molar-refractivity contribution in [2.24, 2.45) is 0 Å². The van der Waals surface area contributed by atoms with E-state index in [1.165, 1.54) is 14.0 Å². The Morgan fingerprint density at radius 2 is 2.07 bits per heavy atom. The smallest absolute Gasteiger partial charge is 0.339 e. The van der Waals surface area contributed by atoms with E-state index in [-0.39, 0.29) is 17.0 Å². The van der Waals surface area contributed by atoms with Gasteiger partial charge < -0.3 is 20.7 Å². The van der Waals surface area contributed by atoms with Gasteiger partial charge in [0.1, 0.15) is 5.56 Å². The van der Waals surface area contributed by atoms with Crippen molar-refractivity contribution in [2.75, 3.05) is 12.8 Å². The number of carboxylic acids is 1.